The molecule has 3 aliphatic rings. The van der Waals surface area contributed by atoms with Crippen molar-refractivity contribution in [3.63, 3.8) is 0 Å². The fraction of sp³-hybridized carbons (Fsp3) is 0.938. The van der Waals surface area contributed by atoms with Gasteiger partial charge < -0.3 is 15.0 Å². The summed E-state index contributed by atoms with van der Waals surface area (Å²) in [6.45, 7) is 5.87. The molecule has 3 fully saturated rings. The van der Waals surface area contributed by atoms with E-state index in [0.717, 1.165) is 45.1 Å². The number of hydrogen-bond acceptors (Lipinski definition) is 3. The number of hydrogen-bond donors (Lipinski definition) is 1. The average Bonchev–Trinajstić information content (AvgIpc) is 3.20. The van der Waals surface area contributed by atoms with E-state index in [1.165, 1.54) is 25.7 Å². The highest BCUT2D eigenvalue weighted by molar-refractivity contribution is 5.82. The van der Waals surface area contributed by atoms with Crippen molar-refractivity contribution in [3.8, 4) is 0 Å². The summed E-state index contributed by atoms with van der Waals surface area (Å²) in [6, 6.07) is 0.587. The van der Waals surface area contributed by atoms with E-state index in [2.05, 4.69) is 17.1 Å². The number of carbonyl (C=O) groups excluding carboxylic acids is 1. The van der Waals surface area contributed by atoms with Crippen LogP contribution in [-0.2, 0) is 9.53 Å². The molecule has 1 N–H and O–H groups in total. The number of carbonyl (C=O) groups is 1. The van der Waals surface area contributed by atoms with Crippen molar-refractivity contribution in [2.45, 2.75) is 57.5 Å². The van der Waals surface area contributed by atoms with E-state index in [9.17, 15) is 4.79 Å². The predicted molar refractivity (Wildman–Crippen MR) is 78.5 cm³/mol. The lowest BCUT2D eigenvalue weighted by Crippen LogP contribution is -2.52. The van der Waals surface area contributed by atoms with Crippen LogP contribution in [0.15, 0.2) is 0 Å². The number of nitrogens with zero attached hydrogens (tertiary/aromatic N) is 1. The van der Waals surface area contributed by atoms with Crippen LogP contribution in [0.5, 0.6) is 0 Å². The molecule has 0 radical (unpaired) electrons. The van der Waals surface area contributed by atoms with E-state index in [-0.39, 0.29) is 6.04 Å². The molecule has 0 bridgehead atoms. The van der Waals surface area contributed by atoms with Crippen LogP contribution in [0.25, 0.3) is 0 Å². The van der Waals surface area contributed by atoms with Crippen molar-refractivity contribution in [2.24, 2.45) is 11.8 Å². The first-order chi connectivity index (χ1) is 9.78. The molecule has 4 heteroatoms. The molecule has 20 heavy (non-hydrogen) atoms. The number of ether oxygens (including phenoxy) is 1. The Hall–Kier alpha value is -0.610. The van der Waals surface area contributed by atoms with Crippen LogP contribution in [0, 0.1) is 11.8 Å². The van der Waals surface area contributed by atoms with Gasteiger partial charge in [0, 0.05) is 25.1 Å². The lowest BCUT2D eigenvalue weighted by molar-refractivity contribution is -0.135. The van der Waals surface area contributed by atoms with E-state index in [4.69, 9.17) is 4.74 Å². The summed E-state index contributed by atoms with van der Waals surface area (Å²) in [6.07, 6.45) is 6.96. The maximum absolute atomic E-state index is 12.9. The molecular formula is C16H28N2O2. The lowest BCUT2D eigenvalue weighted by atomic mass is 9.89. The van der Waals surface area contributed by atoms with Crippen molar-refractivity contribution in [1.29, 1.82) is 0 Å². The molecule has 4 nitrogen and oxygen atoms in total. The van der Waals surface area contributed by atoms with Crippen molar-refractivity contribution in [3.05, 3.63) is 0 Å². The molecule has 3 rings (SSSR count). The van der Waals surface area contributed by atoms with Gasteiger partial charge in [0.25, 0.3) is 0 Å². The summed E-state index contributed by atoms with van der Waals surface area (Å²) in [5.41, 5.74) is 0. The third-order valence-corrected chi connectivity index (χ3v) is 5.14. The molecule has 0 aromatic rings. The Morgan fingerprint density at radius 2 is 2.10 bits per heavy atom. The Morgan fingerprint density at radius 1 is 1.25 bits per heavy atom. The summed E-state index contributed by atoms with van der Waals surface area (Å²) in [4.78, 5) is 15.0. The summed E-state index contributed by atoms with van der Waals surface area (Å²) in [7, 11) is 0. The maximum Gasteiger partial charge on any atom is 0.239 e. The van der Waals surface area contributed by atoms with Crippen molar-refractivity contribution < 1.29 is 9.53 Å². The van der Waals surface area contributed by atoms with Crippen molar-refractivity contribution >= 4 is 5.91 Å². The second-order valence-electron chi connectivity index (χ2n) is 6.76. The third kappa shape index (κ3) is 3.34. The van der Waals surface area contributed by atoms with Crippen LogP contribution in [0.1, 0.15) is 45.4 Å². The van der Waals surface area contributed by atoms with Crippen molar-refractivity contribution in [2.75, 3.05) is 26.3 Å². The third-order valence-electron chi connectivity index (χ3n) is 5.14. The zero-order valence-corrected chi connectivity index (χ0v) is 12.6. The first kappa shape index (κ1) is 14.3. The van der Waals surface area contributed by atoms with Gasteiger partial charge in [0.15, 0.2) is 0 Å². The molecule has 2 heterocycles. The molecule has 114 valence electrons. The second-order valence-corrected chi connectivity index (χ2v) is 6.76. The first-order valence-electron chi connectivity index (χ1n) is 8.39. The van der Waals surface area contributed by atoms with Gasteiger partial charge in [0.2, 0.25) is 5.91 Å². The van der Waals surface area contributed by atoms with Crippen LogP contribution in [-0.4, -0.2) is 49.2 Å². The highest BCUT2D eigenvalue weighted by atomic mass is 16.5. The van der Waals surface area contributed by atoms with E-state index >= 15 is 0 Å². The Morgan fingerprint density at radius 3 is 2.75 bits per heavy atom. The molecule has 1 aliphatic carbocycles. The van der Waals surface area contributed by atoms with Gasteiger partial charge in [-0.2, -0.15) is 0 Å². The molecule has 0 aromatic heterocycles. The van der Waals surface area contributed by atoms with Gasteiger partial charge in [-0.3, -0.25) is 4.79 Å². The Kier molecular flexibility index (Phi) is 4.61. The SMILES string of the molecule is CCC1CCNC(C(=O)N(CC2CCOC2)C2CC2)C1. The molecule has 3 unspecified atom stereocenters. The number of rotatable bonds is 5. The van der Waals surface area contributed by atoms with Crippen molar-refractivity contribution in [1.82, 2.24) is 10.2 Å². The first-order valence-corrected chi connectivity index (χ1v) is 8.39. The standard InChI is InChI=1S/C16H28N2O2/c1-2-12-5-7-17-15(9-12)16(19)18(14-3-4-14)10-13-6-8-20-11-13/h12-15,17H,2-11H2,1H3. The highest BCUT2D eigenvalue weighted by Gasteiger charge is 2.38. The normalized spacial score (nSPS) is 34.1. The highest BCUT2D eigenvalue weighted by Crippen LogP contribution is 2.31. The molecule has 3 atom stereocenters. The van der Waals surface area contributed by atoms with Gasteiger partial charge in [-0.05, 0) is 44.6 Å². The Bertz CT molecular complexity index is 337. The molecular weight excluding hydrogens is 252 g/mol. The molecule has 2 aliphatic heterocycles. The Balaban J connectivity index is 1.59. The van der Waals surface area contributed by atoms with E-state index in [1.54, 1.807) is 0 Å². The zero-order chi connectivity index (χ0) is 13.9. The summed E-state index contributed by atoms with van der Waals surface area (Å²) < 4.78 is 5.46. The van der Waals surface area contributed by atoms with Crippen LogP contribution in [0.2, 0.25) is 0 Å². The smallest absolute Gasteiger partial charge is 0.239 e. The van der Waals surface area contributed by atoms with Gasteiger partial charge in [-0.25, -0.2) is 0 Å². The van der Waals surface area contributed by atoms with Crippen LogP contribution < -0.4 is 5.32 Å². The largest absolute Gasteiger partial charge is 0.381 e. The monoisotopic (exact) mass is 280 g/mol. The van der Waals surface area contributed by atoms with E-state index < -0.39 is 0 Å². The summed E-state index contributed by atoms with van der Waals surface area (Å²) >= 11 is 0. The minimum atomic E-state index is 0.0663. The molecule has 0 aromatic carbocycles. The molecule has 2 saturated heterocycles. The van der Waals surface area contributed by atoms with Gasteiger partial charge in [0.05, 0.1) is 12.6 Å². The van der Waals surface area contributed by atoms with Crippen LogP contribution >= 0.6 is 0 Å². The topological polar surface area (TPSA) is 41.6 Å². The second kappa shape index (κ2) is 6.44. The number of piperidine rings is 1. The fourth-order valence-corrected chi connectivity index (χ4v) is 3.57. The number of amides is 1. The predicted octanol–water partition coefficient (Wildman–Crippen LogP) is 1.79. The van der Waals surface area contributed by atoms with Gasteiger partial charge in [-0.1, -0.05) is 13.3 Å². The zero-order valence-electron chi connectivity index (χ0n) is 12.6. The maximum atomic E-state index is 12.9. The summed E-state index contributed by atoms with van der Waals surface area (Å²) in [5.74, 6) is 1.64. The van der Waals surface area contributed by atoms with E-state index in [1.807, 2.05) is 0 Å². The molecule has 1 saturated carbocycles. The molecule has 1 amide bonds. The fourth-order valence-electron chi connectivity index (χ4n) is 3.57. The minimum Gasteiger partial charge on any atom is -0.381 e. The van der Waals surface area contributed by atoms with Gasteiger partial charge in [-0.15, -0.1) is 0 Å². The molecule has 0 spiro atoms. The average molecular weight is 280 g/mol. The van der Waals surface area contributed by atoms with Crippen LogP contribution in [0.3, 0.4) is 0 Å². The Labute approximate surface area is 122 Å². The quantitative estimate of drug-likeness (QED) is 0.835. The van der Waals surface area contributed by atoms with E-state index in [0.29, 0.717) is 17.9 Å². The van der Waals surface area contributed by atoms with Crippen LogP contribution in [0.4, 0.5) is 0 Å². The van der Waals surface area contributed by atoms with Gasteiger partial charge in [0.1, 0.15) is 0 Å². The summed E-state index contributed by atoms with van der Waals surface area (Å²) in [5, 5.41) is 3.45. The number of nitrogens with one attached hydrogen (secondary N) is 1. The lowest BCUT2D eigenvalue weighted by Gasteiger charge is -2.34. The van der Waals surface area contributed by atoms with Gasteiger partial charge >= 0.3 is 0 Å². The minimum absolute atomic E-state index is 0.0663.